The molecular formula is C10H16FN. The van der Waals surface area contributed by atoms with E-state index in [9.17, 15) is 4.39 Å². The molecule has 0 fully saturated rings. The van der Waals surface area contributed by atoms with Crippen molar-refractivity contribution in [1.29, 1.82) is 0 Å². The fraction of sp³-hybridized carbons (Fsp3) is 0.500. The third-order valence-electron chi connectivity index (χ3n) is 1.50. The molecule has 0 N–H and O–H groups in total. The topological polar surface area (TPSA) is 12.9 Å². The van der Waals surface area contributed by atoms with Crippen LogP contribution in [0.2, 0.25) is 0 Å². The molecule has 0 amide bonds. The molecule has 1 aromatic heterocycles. The van der Waals surface area contributed by atoms with E-state index in [-0.39, 0.29) is 5.95 Å². The third kappa shape index (κ3) is 2.99. The summed E-state index contributed by atoms with van der Waals surface area (Å²) in [6, 6.07) is 3.13. The summed E-state index contributed by atoms with van der Waals surface area (Å²) < 4.78 is 12.4. The van der Waals surface area contributed by atoms with Gasteiger partial charge in [-0.25, -0.2) is 4.98 Å². The van der Waals surface area contributed by atoms with Gasteiger partial charge >= 0.3 is 0 Å². The Balaban J connectivity index is 0.000000561. The van der Waals surface area contributed by atoms with Crippen molar-refractivity contribution in [2.75, 3.05) is 0 Å². The molecule has 0 aliphatic carbocycles. The maximum Gasteiger partial charge on any atom is 0.213 e. The lowest BCUT2D eigenvalue weighted by atomic mass is 10.2. The molecule has 1 rings (SSSR count). The lowest BCUT2D eigenvalue weighted by molar-refractivity contribution is 0.576. The van der Waals surface area contributed by atoms with Crippen LogP contribution in [0.5, 0.6) is 0 Å². The first-order chi connectivity index (χ1) is 5.74. The minimum Gasteiger partial charge on any atom is -0.225 e. The zero-order chi connectivity index (χ0) is 9.56. The number of aromatic nitrogens is 1. The Hall–Kier alpha value is -0.920. The van der Waals surface area contributed by atoms with Gasteiger partial charge in [0.2, 0.25) is 5.95 Å². The van der Waals surface area contributed by atoms with Crippen LogP contribution in [0, 0.1) is 12.9 Å². The molecule has 0 atom stereocenters. The van der Waals surface area contributed by atoms with Crippen LogP contribution in [0.15, 0.2) is 12.1 Å². The van der Waals surface area contributed by atoms with E-state index in [0.29, 0.717) is 0 Å². The van der Waals surface area contributed by atoms with E-state index in [1.54, 1.807) is 6.07 Å². The van der Waals surface area contributed by atoms with Crippen molar-refractivity contribution in [3.63, 3.8) is 0 Å². The quantitative estimate of drug-likeness (QED) is 0.588. The van der Waals surface area contributed by atoms with Crippen molar-refractivity contribution < 1.29 is 4.39 Å². The number of halogens is 1. The predicted molar refractivity (Wildman–Crippen MR) is 49.7 cm³/mol. The van der Waals surface area contributed by atoms with Crippen LogP contribution >= 0.6 is 0 Å². The molecule has 0 bridgehead atoms. The Labute approximate surface area is 73.6 Å². The molecule has 0 aliphatic rings. The Morgan fingerprint density at radius 2 is 1.92 bits per heavy atom. The van der Waals surface area contributed by atoms with Gasteiger partial charge in [0.15, 0.2) is 0 Å². The molecule has 0 unspecified atom stereocenters. The SMILES string of the molecule is CC.CCc1nc(F)ccc1C. The van der Waals surface area contributed by atoms with Gasteiger partial charge in [-0.15, -0.1) is 0 Å². The van der Waals surface area contributed by atoms with E-state index in [4.69, 9.17) is 0 Å². The second kappa shape index (κ2) is 5.70. The number of rotatable bonds is 1. The van der Waals surface area contributed by atoms with Gasteiger partial charge in [-0.3, -0.25) is 0 Å². The van der Waals surface area contributed by atoms with Gasteiger partial charge in [0, 0.05) is 5.69 Å². The average molecular weight is 169 g/mol. The van der Waals surface area contributed by atoms with E-state index in [2.05, 4.69) is 4.98 Å². The summed E-state index contributed by atoms with van der Waals surface area (Å²) in [6.45, 7) is 7.90. The maximum atomic E-state index is 12.4. The highest BCUT2D eigenvalue weighted by atomic mass is 19.1. The van der Waals surface area contributed by atoms with Crippen LogP contribution in [0.3, 0.4) is 0 Å². The zero-order valence-corrected chi connectivity index (χ0v) is 8.19. The van der Waals surface area contributed by atoms with E-state index in [0.717, 1.165) is 17.7 Å². The number of hydrogen-bond donors (Lipinski definition) is 0. The molecule has 0 saturated carbocycles. The zero-order valence-electron chi connectivity index (χ0n) is 8.19. The van der Waals surface area contributed by atoms with Crippen LogP contribution in [0.1, 0.15) is 32.0 Å². The first kappa shape index (κ1) is 11.1. The average Bonchev–Trinajstić information content (AvgIpc) is 2.13. The lowest BCUT2D eigenvalue weighted by Gasteiger charge is -1.99. The summed E-state index contributed by atoms with van der Waals surface area (Å²) in [7, 11) is 0. The van der Waals surface area contributed by atoms with Crippen molar-refractivity contribution in [2.24, 2.45) is 0 Å². The molecule has 1 nitrogen and oxygen atoms in total. The molecule has 0 radical (unpaired) electrons. The highest BCUT2D eigenvalue weighted by molar-refractivity contribution is 5.17. The molecule has 1 heterocycles. The maximum absolute atomic E-state index is 12.4. The number of hydrogen-bond acceptors (Lipinski definition) is 1. The highest BCUT2D eigenvalue weighted by Gasteiger charge is 1.97. The van der Waals surface area contributed by atoms with Crippen LogP contribution in [-0.2, 0) is 6.42 Å². The third-order valence-corrected chi connectivity index (χ3v) is 1.50. The van der Waals surface area contributed by atoms with Crippen molar-refractivity contribution in [1.82, 2.24) is 4.98 Å². The molecule has 0 aliphatic heterocycles. The second-order valence-electron chi connectivity index (χ2n) is 2.25. The molecule has 0 spiro atoms. The van der Waals surface area contributed by atoms with Crippen LogP contribution < -0.4 is 0 Å². The Kier molecular flexibility index (Phi) is 5.26. The Morgan fingerprint density at radius 3 is 2.33 bits per heavy atom. The van der Waals surface area contributed by atoms with E-state index >= 15 is 0 Å². The summed E-state index contributed by atoms with van der Waals surface area (Å²) in [5, 5.41) is 0. The van der Waals surface area contributed by atoms with Gasteiger partial charge in [-0.1, -0.05) is 26.8 Å². The Bertz CT molecular complexity index is 233. The largest absolute Gasteiger partial charge is 0.225 e. The van der Waals surface area contributed by atoms with Gasteiger partial charge < -0.3 is 0 Å². The van der Waals surface area contributed by atoms with Crippen molar-refractivity contribution in [3.05, 3.63) is 29.3 Å². The second-order valence-corrected chi connectivity index (χ2v) is 2.25. The van der Waals surface area contributed by atoms with Gasteiger partial charge in [-0.2, -0.15) is 4.39 Å². The van der Waals surface area contributed by atoms with Gasteiger partial charge in [0.25, 0.3) is 0 Å². The van der Waals surface area contributed by atoms with Crippen LogP contribution in [-0.4, -0.2) is 4.98 Å². The van der Waals surface area contributed by atoms with Crippen molar-refractivity contribution >= 4 is 0 Å². The summed E-state index contributed by atoms with van der Waals surface area (Å²) in [5.41, 5.74) is 1.91. The molecular weight excluding hydrogens is 153 g/mol. The Morgan fingerprint density at radius 1 is 1.33 bits per heavy atom. The predicted octanol–water partition coefficient (Wildman–Crippen LogP) is 3.12. The first-order valence-electron chi connectivity index (χ1n) is 4.36. The van der Waals surface area contributed by atoms with E-state index in [1.807, 2.05) is 27.7 Å². The van der Waals surface area contributed by atoms with Crippen LogP contribution in [0.25, 0.3) is 0 Å². The van der Waals surface area contributed by atoms with E-state index < -0.39 is 0 Å². The van der Waals surface area contributed by atoms with Crippen molar-refractivity contribution in [2.45, 2.75) is 34.1 Å². The normalized spacial score (nSPS) is 8.75. The fourth-order valence-corrected chi connectivity index (χ4v) is 0.902. The number of aryl methyl sites for hydroxylation is 2. The smallest absolute Gasteiger partial charge is 0.213 e. The minimum atomic E-state index is -0.387. The fourth-order valence-electron chi connectivity index (χ4n) is 0.902. The van der Waals surface area contributed by atoms with Gasteiger partial charge in [0.1, 0.15) is 0 Å². The van der Waals surface area contributed by atoms with Gasteiger partial charge in [0.05, 0.1) is 0 Å². The molecule has 0 saturated heterocycles. The first-order valence-corrected chi connectivity index (χ1v) is 4.36. The van der Waals surface area contributed by atoms with Crippen LogP contribution in [0.4, 0.5) is 4.39 Å². The minimum absolute atomic E-state index is 0.387. The molecule has 1 aromatic rings. The highest BCUT2D eigenvalue weighted by Crippen LogP contribution is 2.05. The van der Waals surface area contributed by atoms with Gasteiger partial charge in [-0.05, 0) is 25.0 Å². The summed E-state index contributed by atoms with van der Waals surface area (Å²) in [5.74, 6) is -0.387. The number of nitrogens with zero attached hydrogens (tertiary/aromatic N) is 1. The molecule has 68 valence electrons. The standard InChI is InChI=1S/C8H10FN.C2H6/c1-3-7-6(2)4-5-8(9)10-7;1-2/h4-5H,3H2,1-2H3;1-2H3. The molecule has 12 heavy (non-hydrogen) atoms. The summed E-state index contributed by atoms with van der Waals surface area (Å²) in [6.07, 6.45) is 0.795. The van der Waals surface area contributed by atoms with E-state index in [1.165, 1.54) is 6.07 Å². The monoisotopic (exact) mass is 169 g/mol. The molecule has 2 heteroatoms. The number of pyridine rings is 1. The summed E-state index contributed by atoms with van der Waals surface area (Å²) in [4.78, 5) is 3.72. The van der Waals surface area contributed by atoms with Crippen molar-refractivity contribution in [3.8, 4) is 0 Å². The molecule has 0 aromatic carbocycles. The summed E-state index contributed by atoms with van der Waals surface area (Å²) >= 11 is 0. The lowest BCUT2D eigenvalue weighted by Crippen LogP contribution is -1.93.